The molecule has 0 bridgehead atoms. The number of carbonyl (C=O) groups excluding carboxylic acids is 1. The normalized spacial score (nSPS) is 12.6. The summed E-state index contributed by atoms with van der Waals surface area (Å²) in [7, 11) is 0. The topological polar surface area (TPSA) is 76.2 Å². The van der Waals surface area contributed by atoms with E-state index in [9.17, 15) is 4.79 Å². The molecule has 0 spiro atoms. The minimum absolute atomic E-state index is 0.159. The maximum atomic E-state index is 12.1. The number of carbonyl (C=O) groups is 1. The van der Waals surface area contributed by atoms with Crippen molar-refractivity contribution in [3.05, 3.63) is 40.4 Å². The highest BCUT2D eigenvalue weighted by Crippen LogP contribution is 2.34. The van der Waals surface area contributed by atoms with Gasteiger partial charge in [0.2, 0.25) is 12.7 Å². The van der Waals surface area contributed by atoms with E-state index in [-0.39, 0.29) is 18.5 Å². The third-order valence-corrected chi connectivity index (χ3v) is 4.86. The summed E-state index contributed by atoms with van der Waals surface area (Å²) < 4.78 is 10.5. The van der Waals surface area contributed by atoms with Gasteiger partial charge in [0.05, 0.1) is 16.3 Å². The first-order valence-electron chi connectivity index (χ1n) is 7.25. The minimum Gasteiger partial charge on any atom is -0.454 e. The van der Waals surface area contributed by atoms with E-state index in [1.54, 1.807) is 30.3 Å². The first-order chi connectivity index (χ1) is 12.1. The first-order valence-corrected chi connectivity index (χ1v) is 9.00. The van der Waals surface area contributed by atoms with Crippen molar-refractivity contribution in [1.82, 2.24) is 9.97 Å². The van der Waals surface area contributed by atoms with E-state index in [0.29, 0.717) is 37.9 Å². The van der Waals surface area contributed by atoms with Crippen molar-refractivity contribution >= 4 is 57.6 Å². The van der Waals surface area contributed by atoms with Crippen molar-refractivity contribution < 1.29 is 14.3 Å². The zero-order valence-electron chi connectivity index (χ0n) is 12.6. The van der Waals surface area contributed by atoms with E-state index in [0.717, 1.165) is 5.52 Å². The van der Waals surface area contributed by atoms with E-state index in [1.165, 1.54) is 11.8 Å². The van der Waals surface area contributed by atoms with E-state index >= 15 is 0 Å². The molecule has 0 radical (unpaired) electrons. The SMILES string of the molecule is O=C(CSc1nc2c(Cl)cc(Cl)cc2[nH]1)Nc1ccc2c(c1)OCO2. The molecular weight excluding hydrogens is 385 g/mol. The maximum absolute atomic E-state index is 12.1. The summed E-state index contributed by atoms with van der Waals surface area (Å²) in [5.41, 5.74) is 2.01. The molecule has 0 fully saturated rings. The lowest BCUT2D eigenvalue weighted by Gasteiger charge is -2.05. The fraction of sp³-hybridized carbons (Fsp3) is 0.125. The smallest absolute Gasteiger partial charge is 0.234 e. The summed E-state index contributed by atoms with van der Waals surface area (Å²) in [6.45, 7) is 0.196. The molecule has 3 aromatic rings. The van der Waals surface area contributed by atoms with Gasteiger partial charge in [-0.1, -0.05) is 35.0 Å². The summed E-state index contributed by atoms with van der Waals surface area (Å²) in [4.78, 5) is 19.6. The number of aromatic nitrogens is 2. The molecule has 0 atom stereocenters. The molecule has 0 saturated heterocycles. The van der Waals surface area contributed by atoms with Crippen LogP contribution in [0.2, 0.25) is 10.0 Å². The van der Waals surface area contributed by atoms with Gasteiger partial charge in [-0.15, -0.1) is 0 Å². The van der Waals surface area contributed by atoms with Gasteiger partial charge in [-0.25, -0.2) is 4.98 Å². The number of halogens is 2. The Morgan fingerprint density at radius 1 is 1.24 bits per heavy atom. The zero-order chi connectivity index (χ0) is 17.4. The van der Waals surface area contributed by atoms with Gasteiger partial charge in [-0.3, -0.25) is 4.79 Å². The molecule has 2 heterocycles. The molecule has 0 unspecified atom stereocenters. The highest BCUT2D eigenvalue weighted by atomic mass is 35.5. The zero-order valence-corrected chi connectivity index (χ0v) is 15.0. The van der Waals surface area contributed by atoms with Crippen LogP contribution in [-0.2, 0) is 4.79 Å². The van der Waals surface area contributed by atoms with Crippen LogP contribution in [0.3, 0.4) is 0 Å². The van der Waals surface area contributed by atoms with Gasteiger partial charge in [-0.2, -0.15) is 0 Å². The Bertz CT molecular complexity index is 977. The van der Waals surface area contributed by atoms with Crippen LogP contribution in [-0.4, -0.2) is 28.4 Å². The lowest BCUT2D eigenvalue weighted by molar-refractivity contribution is -0.113. The van der Waals surface area contributed by atoms with Crippen LogP contribution in [0.15, 0.2) is 35.5 Å². The van der Waals surface area contributed by atoms with Crippen molar-refractivity contribution in [2.45, 2.75) is 5.16 Å². The van der Waals surface area contributed by atoms with Crippen molar-refractivity contribution in [1.29, 1.82) is 0 Å². The van der Waals surface area contributed by atoms with Gasteiger partial charge < -0.3 is 19.8 Å². The molecule has 2 aromatic carbocycles. The van der Waals surface area contributed by atoms with Gasteiger partial charge in [0.15, 0.2) is 16.7 Å². The average Bonchev–Trinajstić information content (AvgIpc) is 3.18. The van der Waals surface area contributed by atoms with E-state index < -0.39 is 0 Å². The van der Waals surface area contributed by atoms with E-state index in [4.69, 9.17) is 32.7 Å². The Balaban J connectivity index is 1.41. The average molecular weight is 396 g/mol. The maximum Gasteiger partial charge on any atom is 0.234 e. The van der Waals surface area contributed by atoms with Crippen LogP contribution < -0.4 is 14.8 Å². The minimum atomic E-state index is -0.159. The molecule has 4 rings (SSSR count). The standard InChI is InChI=1S/C16H11Cl2N3O3S/c17-8-3-10(18)15-11(4-8)20-16(21-15)25-6-14(22)19-9-1-2-12-13(5-9)24-7-23-12/h1-5H,6-7H2,(H,19,22)(H,20,21). The number of benzene rings is 2. The van der Waals surface area contributed by atoms with Crippen molar-refractivity contribution in [2.24, 2.45) is 0 Å². The molecule has 1 amide bonds. The third-order valence-electron chi connectivity index (χ3n) is 3.48. The Hall–Kier alpha value is -2.09. The number of amides is 1. The number of fused-ring (bicyclic) bond motifs is 2. The fourth-order valence-electron chi connectivity index (χ4n) is 2.39. The van der Waals surface area contributed by atoms with Crippen LogP contribution in [0.1, 0.15) is 0 Å². The molecule has 6 nitrogen and oxygen atoms in total. The quantitative estimate of drug-likeness (QED) is 0.642. The molecule has 1 aliphatic rings. The lowest BCUT2D eigenvalue weighted by atomic mass is 10.3. The Kier molecular flexibility index (Phi) is 4.37. The summed E-state index contributed by atoms with van der Waals surface area (Å²) in [6, 6.07) is 8.63. The fourth-order valence-corrected chi connectivity index (χ4v) is 3.61. The molecule has 1 aliphatic heterocycles. The Labute approximate surface area is 156 Å². The van der Waals surface area contributed by atoms with Crippen LogP contribution in [0.4, 0.5) is 5.69 Å². The predicted molar refractivity (Wildman–Crippen MR) is 98.0 cm³/mol. The van der Waals surface area contributed by atoms with Gasteiger partial charge in [0.25, 0.3) is 0 Å². The number of nitrogens with one attached hydrogen (secondary N) is 2. The number of hydrogen-bond acceptors (Lipinski definition) is 5. The number of ether oxygens (including phenoxy) is 2. The summed E-state index contributed by atoms with van der Waals surface area (Å²) in [5, 5.41) is 4.40. The van der Waals surface area contributed by atoms with Gasteiger partial charge in [0, 0.05) is 16.8 Å². The van der Waals surface area contributed by atoms with Crippen LogP contribution in [0, 0.1) is 0 Å². The largest absolute Gasteiger partial charge is 0.454 e. The second kappa shape index (κ2) is 6.67. The number of aromatic amines is 1. The van der Waals surface area contributed by atoms with Crippen molar-refractivity contribution in [3.63, 3.8) is 0 Å². The van der Waals surface area contributed by atoms with Gasteiger partial charge in [0.1, 0.15) is 5.52 Å². The van der Waals surface area contributed by atoms with E-state index in [2.05, 4.69) is 15.3 Å². The first kappa shape index (κ1) is 16.4. The molecule has 0 saturated carbocycles. The highest BCUT2D eigenvalue weighted by Gasteiger charge is 2.15. The molecular formula is C16H11Cl2N3O3S. The van der Waals surface area contributed by atoms with Crippen molar-refractivity contribution in [3.8, 4) is 11.5 Å². The number of hydrogen-bond donors (Lipinski definition) is 2. The predicted octanol–water partition coefficient (Wildman–Crippen LogP) is 4.33. The monoisotopic (exact) mass is 395 g/mol. The van der Waals surface area contributed by atoms with Crippen LogP contribution in [0.25, 0.3) is 11.0 Å². The number of anilines is 1. The lowest BCUT2D eigenvalue weighted by Crippen LogP contribution is -2.14. The van der Waals surface area contributed by atoms with Gasteiger partial charge >= 0.3 is 0 Å². The van der Waals surface area contributed by atoms with Gasteiger partial charge in [-0.05, 0) is 24.3 Å². The second-order valence-corrected chi connectivity index (χ2v) is 7.04. The number of nitrogens with zero attached hydrogens (tertiary/aromatic N) is 1. The molecule has 0 aliphatic carbocycles. The number of rotatable bonds is 4. The second-order valence-electron chi connectivity index (χ2n) is 5.23. The highest BCUT2D eigenvalue weighted by molar-refractivity contribution is 7.99. The Morgan fingerprint density at radius 2 is 2.08 bits per heavy atom. The summed E-state index contributed by atoms with van der Waals surface area (Å²) >= 11 is 13.4. The molecule has 25 heavy (non-hydrogen) atoms. The van der Waals surface area contributed by atoms with Crippen LogP contribution in [0.5, 0.6) is 11.5 Å². The van der Waals surface area contributed by atoms with Crippen LogP contribution >= 0.6 is 35.0 Å². The molecule has 128 valence electrons. The molecule has 9 heteroatoms. The van der Waals surface area contributed by atoms with E-state index in [1.807, 2.05) is 0 Å². The Morgan fingerprint density at radius 3 is 2.96 bits per heavy atom. The number of imidazole rings is 1. The molecule has 1 aromatic heterocycles. The molecule has 2 N–H and O–H groups in total. The number of thioether (sulfide) groups is 1. The summed E-state index contributed by atoms with van der Waals surface area (Å²) in [6.07, 6.45) is 0. The third kappa shape index (κ3) is 3.49. The summed E-state index contributed by atoms with van der Waals surface area (Å²) in [5.74, 6) is 1.33. The van der Waals surface area contributed by atoms with Crippen molar-refractivity contribution in [2.75, 3.05) is 17.9 Å². The number of H-pyrrole nitrogens is 1.